The molecule has 0 N–H and O–H groups in total. The highest BCUT2D eigenvalue weighted by molar-refractivity contribution is 6.33. The average molecular weight is 355 g/mol. The number of likely N-dealkylation sites (tertiary alicyclic amines) is 1. The van der Waals surface area contributed by atoms with Gasteiger partial charge in [0.1, 0.15) is 17.3 Å². The van der Waals surface area contributed by atoms with Crippen LogP contribution in [-0.2, 0) is 14.4 Å². The molecule has 130 valence electrons. The first-order valence-electron chi connectivity index (χ1n) is 7.89. The summed E-state index contributed by atoms with van der Waals surface area (Å²) in [5, 5.41) is 1.91. The highest BCUT2D eigenvalue weighted by atomic mass is 35.5. The summed E-state index contributed by atoms with van der Waals surface area (Å²) in [4.78, 5) is 32.6. The fourth-order valence-electron chi connectivity index (χ4n) is 3.77. The highest BCUT2D eigenvalue weighted by Gasteiger charge is 2.58. The lowest BCUT2D eigenvalue weighted by atomic mass is 9.80. The average Bonchev–Trinajstić information content (AvgIpc) is 2.75. The maximum Gasteiger partial charge on any atom is 0.238 e. The lowest BCUT2D eigenvalue weighted by Crippen LogP contribution is -2.54. The Bertz CT molecular complexity index is 701. The van der Waals surface area contributed by atoms with Gasteiger partial charge < -0.3 is 9.74 Å². The van der Waals surface area contributed by atoms with Crippen molar-refractivity contribution in [2.75, 3.05) is 27.2 Å². The van der Waals surface area contributed by atoms with E-state index in [-0.39, 0.29) is 16.4 Å². The van der Waals surface area contributed by atoms with Crippen LogP contribution in [0.1, 0.15) is 29.9 Å². The van der Waals surface area contributed by atoms with Gasteiger partial charge in [0.15, 0.2) is 5.78 Å². The predicted molar refractivity (Wildman–Crippen MR) is 87.2 cm³/mol. The Morgan fingerprint density at radius 1 is 1.29 bits per heavy atom. The molecule has 1 spiro atoms. The summed E-state index contributed by atoms with van der Waals surface area (Å²) >= 11 is 6.24. The summed E-state index contributed by atoms with van der Waals surface area (Å²) < 4.78 is 14.4. The quantitative estimate of drug-likeness (QED) is 0.765. The van der Waals surface area contributed by atoms with E-state index < -0.39 is 23.2 Å². The lowest BCUT2D eigenvalue weighted by Gasteiger charge is -2.41. The van der Waals surface area contributed by atoms with Gasteiger partial charge in [-0.1, -0.05) is 17.7 Å². The van der Waals surface area contributed by atoms with Gasteiger partial charge >= 0.3 is 0 Å². The van der Waals surface area contributed by atoms with Gasteiger partial charge in [-0.05, 0) is 31.4 Å². The highest BCUT2D eigenvalue weighted by Crippen LogP contribution is 2.44. The number of likely N-dealkylation sites (N-methyl/N-ethyl adjacent to an activating group) is 1. The summed E-state index contributed by atoms with van der Waals surface area (Å²) in [6.45, 7) is 2.80. The zero-order valence-electron chi connectivity index (χ0n) is 13.9. The molecule has 2 fully saturated rings. The number of nitrogens with zero attached hydrogens (tertiary/aromatic N) is 2. The molecule has 7 heteroatoms. The fourth-order valence-corrected chi connectivity index (χ4v) is 4.03. The van der Waals surface area contributed by atoms with E-state index in [1.165, 1.54) is 11.0 Å². The number of ketones is 1. The van der Waals surface area contributed by atoms with Crippen LogP contribution in [0.5, 0.6) is 0 Å². The molecule has 0 aliphatic carbocycles. The minimum atomic E-state index is -1.17. The summed E-state index contributed by atoms with van der Waals surface area (Å²) in [5.41, 5.74) is -0.257. The largest absolute Gasteiger partial charge is 0.332 e. The van der Waals surface area contributed by atoms with E-state index in [1.54, 1.807) is 32.2 Å². The molecule has 1 aromatic carbocycles. The molecule has 0 aromatic heterocycles. The molecule has 0 bridgehead atoms. The minimum Gasteiger partial charge on any atom is -0.332 e. The first kappa shape index (κ1) is 17.3. The molecular weight excluding hydrogens is 335 g/mol. The first-order valence-corrected chi connectivity index (χ1v) is 8.27. The Morgan fingerprint density at radius 2 is 1.92 bits per heavy atom. The number of rotatable bonds is 2. The molecule has 2 aliphatic heterocycles. The second-order valence-corrected chi connectivity index (χ2v) is 6.81. The van der Waals surface area contributed by atoms with Crippen LogP contribution in [0.15, 0.2) is 12.1 Å². The Hall–Kier alpha value is -1.50. The van der Waals surface area contributed by atoms with Crippen molar-refractivity contribution < 1.29 is 18.8 Å². The second-order valence-electron chi connectivity index (χ2n) is 6.43. The van der Waals surface area contributed by atoms with Gasteiger partial charge in [-0.25, -0.2) is 4.39 Å². The van der Waals surface area contributed by atoms with Gasteiger partial charge in [0, 0.05) is 25.7 Å². The molecule has 24 heavy (non-hydrogen) atoms. The number of piperidine rings is 1. The SMILES string of the molecule is CON1CCC2(CC1)C(=O)C(c1c(F)ccc(C)c1Cl)C(=O)N2C. The van der Waals surface area contributed by atoms with E-state index in [0.29, 0.717) is 31.5 Å². The molecule has 1 aromatic rings. The molecule has 2 saturated heterocycles. The number of halogens is 2. The molecule has 3 rings (SSSR count). The normalized spacial score (nSPS) is 24.2. The zero-order chi connectivity index (χ0) is 17.6. The Balaban J connectivity index is 2.02. The molecule has 2 aliphatic rings. The number of hydrogen-bond donors (Lipinski definition) is 0. The maximum atomic E-state index is 14.4. The van der Waals surface area contributed by atoms with Crippen molar-refractivity contribution in [3.8, 4) is 0 Å². The van der Waals surface area contributed by atoms with Crippen molar-refractivity contribution >= 4 is 23.3 Å². The summed E-state index contributed by atoms with van der Waals surface area (Å²) in [7, 11) is 3.19. The van der Waals surface area contributed by atoms with E-state index >= 15 is 0 Å². The number of Topliss-reactive ketones (excluding diaryl/α,β-unsaturated/α-hetero) is 1. The van der Waals surface area contributed by atoms with Crippen molar-refractivity contribution in [3.63, 3.8) is 0 Å². The Kier molecular flexibility index (Phi) is 4.40. The van der Waals surface area contributed by atoms with Crippen molar-refractivity contribution in [2.45, 2.75) is 31.2 Å². The van der Waals surface area contributed by atoms with Crippen LogP contribution in [-0.4, -0.2) is 54.4 Å². The van der Waals surface area contributed by atoms with Crippen LogP contribution in [0.3, 0.4) is 0 Å². The van der Waals surface area contributed by atoms with Gasteiger partial charge in [0.25, 0.3) is 0 Å². The lowest BCUT2D eigenvalue weighted by molar-refractivity contribution is -0.165. The third-order valence-corrected chi connectivity index (χ3v) is 5.86. The summed E-state index contributed by atoms with van der Waals surface area (Å²) in [6, 6.07) is 2.80. The van der Waals surface area contributed by atoms with Gasteiger partial charge in [-0.2, -0.15) is 5.06 Å². The molecule has 0 saturated carbocycles. The molecular formula is C17H20ClFN2O3. The third kappa shape index (κ3) is 2.36. The smallest absolute Gasteiger partial charge is 0.238 e. The number of aryl methyl sites for hydroxylation is 1. The predicted octanol–water partition coefficient (Wildman–Crippen LogP) is 2.31. The molecule has 1 unspecified atom stereocenters. The Morgan fingerprint density at radius 3 is 2.50 bits per heavy atom. The molecule has 2 heterocycles. The number of hydroxylamine groups is 2. The number of amides is 1. The Labute approximate surface area is 145 Å². The van der Waals surface area contributed by atoms with Crippen LogP contribution in [0.2, 0.25) is 5.02 Å². The van der Waals surface area contributed by atoms with E-state index in [2.05, 4.69) is 0 Å². The van der Waals surface area contributed by atoms with Crippen LogP contribution < -0.4 is 0 Å². The first-order chi connectivity index (χ1) is 11.3. The van der Waals surface area contributed by atoms with Crippen LogP contribution in [0, 0.1) is 12.7 Å². The van der Waals surface area contributed by atoms with Crippen molar-refractivity contribution in [2.24, 2.45) is 0 Å². The monoisotopic (exact) mass is 354 g/mol. The van der Waals surface area contributed by atoms with Crippen molar-refractivity contribution in [1.29, 1.82) is 0 Å². The molecule has 1 atom stereocenters. The van der Waals surface area contributed by atoms with Gasteiger partial charge in [-0.15, -0.1) is 0 Å². The van der Waals surface area contributed by atoms with E-state index in [1.807, 2.05) is 0 Å². The van der Waals surface area contributed by atoms with Gasteiger partial charge in [0.05, 0.1) is 12.1 Å². The molecule has 1 amide bonds. The molecule has 0 radical (unpaired) electrons. The fraction of sp³-hybridized carbons (Fsp3) is 0.529. The second kappa shape index (κ2) is 6.10. The van der Waals surface area contributed by atoms with Crippen molar-refractivity contribution in [1.82, 2.24) is 9.96 Å². The van der Waals surface area contributed by atoms with Crippen LogP contribution in [0.25, 0.3) is 0 Å². The number of carbonyl (C=O) groups is 2. The third-order valence-electron chi connectivity index (χ3n) is 5.36. The number of hydrogen-bond acceptors (Lipinski definition) is 4. The number of carbonyl (C=O) groups excluding carboxylic acids is 2. The zero-order valence-corrected chi connectivity index (χ0v) is 14.7. The topological polar surface area (TPSA) is 49.9 Å². The van der Waals surface area contributed by atoms with E-state index in [9.17, 15) is 14.0 Å². The van der Waals surface area contributed by atoms with Crippen molar-refractivity contribution in [3.05, 3.63) is 34.1 Å². The van der Waals surface area contributed by atoms with Gasteiger partial charge in [0.2, 0.25) is 5.91 Å². The minimum absolute atomic E-state index is 0.00422. The van der Waals surface area contributed by atoms with E-state index in [0.717, 1.165) is 0 Å². The summed E-state index contributed by atoms with van der Waals surface area (Å²) in [6.07, 6.45) is 0.924. The summed E-state index contributed by atoms with van der Waals surface area (Å²) in [5.74, 6) is -2.44. The number of benzene rings is 1. The van der Waals surface area contributed by atoms with E-state index in [4.69, 9.17) is 16.4 Å². The standard InChI is InChI=1S/C17H20ClFN2O3/c1-10-4-5-11(19)12(14(10)18)13-15(22)17(20(2)16(13)23)6-8-21(24-3)9-7-17/h4-5,13H,6-9H2,1-3H3. The van der Waals surface area contributed by atoms with Crippen LogP contribution in [0.4, 0.5) is 4.39 Å². The van der Waals surface area contributed by atoms with Crippen LogP contribution >= 0.6 is 11.6 Å². The van der Waals surface area contributed by atoms with Gasteiger partial charge in [-0.3, -0.25) is 9.59 Å². The maximum absolute atomic E-state index is 14.4. The molecule has 5 nitrogen and oxygen atoms in total.